The summed E-state index contributed by atoms with van der Waals surface area (Å²) >= 11 is 0. The summed E-state index contributed by atoms with van der Waals surface area (Å²) in [6.07, 6.45) is 0. The Balaban J connectivity index is 1.21. The standard InChI is InChI=1S/C55H36N2/c1-5-16-37(17-6-1)39-28-31-51-46(34-39)47-35-40(38-18-7-2-8-19-38)29-32-52(47)56(51)43-30-33-53-49(36-43)55(41-20-9-3-10-21-41,42-22-11-4-12-23-42)48-26-15-25-45-44-24-13-14-27-50(44)57(53)54(45)48/h1-36H. The molecule has 3 heterocycles. The zero-order valence-electron chi connectivity index (χ0n) is 31.2. The molecular formula is C55H36N2. The zero-order valence-corrected chi connectivity index (χ0v) is 31.2. The van der Waals surface area contributed by atoms with Crippen molar-refractivity contribution < 1.29 is 0 Å². The highest BCUT2D eigenvalue weighted by molar-refractivity contribution is 6.13. The first-order valence-electron chi connectivity index (χ1n) is 19.8. The molecular weight excluding hydrogens is 689 g/mol. The fourth-order valence-corrected chi connectivity index (χ4v) is 9.96. The number of nitrogens with zero attached hydrogens (tertiary/aromatic N) is 2. The maximum Gasteiger partial charge on any atom is 0.0743 e. The Morgan fingerprint density at radius 2 is 0.807 bits per heavy atom. The highest BCUT2D eigenvalue weighted by Crippen LogP contribution is 2.55. The molecule has 9 aromatic carbocycles. The normalized spacial score (nSPS) is 13.1. The molecule has 0 aliphatic carbocycles. The van der Waals surface area contributed by atoms with Crippen molar-refractivity contribution in [2.75, 3.05) is 0 Å². The van der Waals surface area contributed by atoms with Gasteiger partial charge in [0.2, 0.25) is 0 Å². The molecule has 12 rings (SSSR count). The van der Waals surface area contributed by atoms with Crippen molar-refractivity contribution in [3.8, 4) is 33.6 Å². The Kier molecular flexibility index (Phi) is 6.88. The maximum atomic E-state index is 2.52. The molecule has 2 aromatic heterocycles. The van der Waals surface area contributed by atoms with Crippen LogP contribution in [0.4, 0.5) is 0 Å². The first-order valence-corrected chi connectivity index (χ1v) is 19.8. The summed E-state index contributed by atoms with van der Waals surface area (Å²) in [7, 11) is 0. The van der Waals surface area contributed by atoms with Crippen molar-refractivity contribution in [3.05, 3.63) is 241 Å². The number of hydrogen-bond acceptors (Lipinski definition) is 0. The number of fused-ring (bicyclic) bond motifs is 8. The molecule has 0 saturated heterocycles. The van der Waals surface area contributed by atoms with E-state index in [4.69, 9.17) is 0 Å². The summed E-state index contributed by atoms with van der Waals surface area (Å²) < 4.78 is 5.01. The SMILES string of the molecule is c1ccc(-c2ccc3c(c2)c2cc(-c4ccccc4)ccc2n3-c2ccc3c(c2)C(c2ccccc2)(c2ccccc2)c2cccc4c5ccccc5n-3c24)cc1. The van der Waals surface area contributed by atoms with Crippen LogP contribution >= 0.6 is 0 Å². The number of benzene rings is 9. The third kappa shape index (κ3) is 4.53. The van der Waals surface area contributed by atoms with Gasteiger partial charge in [-0.25, -0.2) is 0 Å². The van der Waals surface area contributed by atoms with E-state index in [0.717, 1.165) is 5.69 Å². The quantitative estimate of drug-likeness (QED) is 0.167. The minimum absolute atomic E-state index is 0.586. The number of aromatic nitrogens is 2. The molecule has 2 heteroatoms. The van der Waals surface area contributed by atoms with E-state index < -0.39 is 5.41 Å². The Bertz CT molecular complexity index is 3180. The van der Waals surface area contributed by atoms with Gasteiger partial charge in [-0.05, 0) is 93.0 Å². The monoisotopic (exact) mass is 724 g/mol. The average Bonchev–Trinajstić information content (AvgIpc) is 3.81. The first kappa shape index (κ1) is 31.9. The van der Waals surface area contributed by atoms with E-state index in [1.165, 1.54) is 93.8 Å². The van der Waals surface area contributed by atoms with E-state index in [2.05, 4.69) is 228 Å². The average molecular weight is 725 g/mol. The lowest BCUT2D eigenvalue weighted by Crippen LogP contribution is -2.35. The number of para-hydroxylation sites is 2. The molecule has 0 spiro atoms. The molecule has 0 saturated carbocycles. The first-order chi connectivity index (χ1) is 28.3. The highest BCUT2D eigenvalue weighted by Gasteiger charge is 2.45. The van der Waals surface area contributed by atoms with Crippen LogP contribution in [-0.4, -0.2) is 9.13 Å². The Hall–Kier alpha value is -7.42. The van der Waals surface area contributed by atoms with Crippen LogP contribution in [0.15, 0.2) is 218 Å². The predicted octanol–water partition coefficient (Wildman–Crippen LogP) is 13.9. The Morgan fingerprint density at radius 3 is 1.40 bits per heavy atom. The van der Waals surface area contributed by atoms with Gasteiger partial charge in [0.05, 0.1) is 33.2 Å². The lowest BCUT2D eigenvalue weighted by atomic mass is 9.63. The smallest absolute Gasteiger partial charge is 0.0743 e. The van der Waals surface area contributed by atoms with Crippen molar-refractivity contribution in [1.82, 2.24) is 9.13 Å². The van der Waals surface area contributed by atoms with Crippen molar-refractivity contribution in [2.24, 2.45) is 0 Å². The summed E-state index contributed by atoms with van der Waals surface area (Å²) in [5, 5.41) is 5.03. The molecule has 2 nitrogen and oxygen atoms in total. The molecule has 1 aliphatic rings. The largest absolute Gasteiger partial charge is 0.309 e. The van der Waals surface area contributed by atoms with Crippen LogP contribution in [0.3, 0.4) is 0 Å². The molecule has 1 aliphatic heterocycles. The predicted molar refractivity (Wildman–Crippen MR) is 238 cm³/mol. The zero-order chi connectivity index (χ0) is 37.5. The summed E-state index contributed by atoms with van der Waals surface area (Å²) in [6, 6.07) is 80.7. The Labute approximate surface area is 331 Å². The topological polar surface area (TPSA) is 9.86 Å². The molecule has 11 aromatic rings. The van der Waals surface area contributed by atoms with Crippen LogP contribution in [0, 0.1) is 0 Å². The number of hydrogen-bond donors (Lipinski definition) is 0. The van der Waals surface area contributed by atoms with Gasteiger partial charge in [-0.1, -0.05) is 170 Å². The summed E-state index contributed by atoms with van der Waals surface area (Å²) in [6.45, 7) is 0. The fourth-order valence-electron chi connectivity index (χ4n) is 9.96. The van der Waals surface area contributed by atoms with Crippen molar-refractivity contribution in [1.29, 1.82) is 0 Å². The lowest BCUT2D eigenvalue weighted by Gasteiger charge is -2.42. The molecule has 0 fully saturated rings. The van der Waals surface area contributed by atoms with Gasteiger partial charge >= 0.3 is 0 Å². The van der Waals surface area contributed by atoms with Gasteiger partial charge in [-0.15, -0.1) is 0 Å². The second-order valence-electron chi connectivity index (χ2n) is 15.3. The highest BCUT2D eigenvalue weighted by atomic mass is 15.0. The van der Waals surface area contributed by atoms with Crippen LogP contribution in [0.2, 0.25) is 0 Å². The third-order valence-corrected chi connectivity index (χ3v) is 12.4. The summed E-state index contributed by atoms with van der Waals surface area (Å²) in [5.41, 5.74) is 16.5. The Morgan fingerprint density at radius 1 is 0.298 bits per heavy atom. The van der Waals surface area contributed by atoms with E-state index in [-0.39, 0.29) is 0 Å². The summed E-state index contributed by atoms with van der Waals surface area (Å²) in [5.74, 6) is 0. The number of rotatable bonds is 5. The van der Waals surface area contributed by atoms with Crippen LogP contribution in [-0.2, 0) is 5.41 Å². The van der Waals surface area contributed by atoms with Gasteiger partial charge in [-0.3, -0.25) is 0 Å². The van der Waals surface area contributed by atoms with Gasteiger partial charge in [0.15, 0.2) is 0 Å². The van der Waals surface area contributed by atoms with Gasteiger partial charge in [0, 0.05) is 27.2 Å². The second-order valence-corrected chi connectivity index (χ2v) is 15.3. The van der Waals surface area contributed by atoms with E-state index in [1.54, 1.807) is 0 Å². The van der Waals surface area contributed by atoms with E-state index in [1.807, 2.05) is 0 Å². The summed E-state index contributed by atoms with van der Waals surface area (Å²) in [4.78, 5) is 0. The molecule has 266 valence electrons. The van der Waals surface area contributed by atoms with Gasteiger partial charge in [0.25, 0.3) is 0 Å². The maximum absolute atomic E-state index is 2.52. The van der Waals surface area contributed by atoms with Crippen molar-refractivity contribution in [3.63, 3.8) is 0 Å². The molecule has 0 unspecified atom stereocenters. The molecule has 0 radical (unpaired) electrons. The van der Waals surface area contributed by atoms with Crippen molar-refractivity contribution in [2.45, 2.75) is 5.41 Å². The molecule has 0 N–H and O–H groups in total. The molecule has 0 amide bonds. The minimum atomic E-state index is -0.586. The van der Waals surface area contributed by atoms with Crippen LogP contribution in [0.5, 0.6) is 0 Å². The van der Waals surface area contributed by atoms with Gasteiger partial charge in [0.1, 0.15) is 0 Å². The third-order valence-electron chi connectivity index (χ3n) is 12.4. The fraction of sp³-hybridized carbons (Fsp3) is 0.0182. The molecule has 57 heavy (non-hydrogen) atoms. The van der Waals surface area contributed by atoms with Crippen LogP contribution in [0.25, 0.3) is 77.2 Å². The lowest BCUT2D eigenvalue weighted by molar-refractivity contribution is 0.727. The second kappa shape index (κ2) is 12.3. The molecule has 0 bridgehead atoms. The van der Waals surface area contributed by atoms with E-state index in [0.29, 0.717) is 0 Å². The van der Waals surface area contributed by atoms with Gasteiger partial charge < -0.3 is 9.13 Å². The van der Waals surface area contributed by atoms with Gasteiger partial charge in [-0.2, -0.15) is 0 Å². The van der Waals surface area contributed by atoms with E-state index >= 15 is 0 Å². The molecule has 0 atom stereocenters. The van der Waals surface area contributed by atoms with E-state index in [9.17, 15) is 0 Å². The van der Waals surface area contributed by atoms with Crippen LogP contribution < -0.4 is 0 Å². The van der Waals surface area contributed by atoms with Crippen LogP contribution in [0.1, 0.15) is 22.3 Å². The minimum Gasteiger partial charge on any atom is -0.309 e. The van der Waals surface area contributed by atoms with Crippen molar-refractivity contribution >= 4 is 43.6 Å².